The number of hydrogen-bond donors (Lipinski definition) is 8. The molecule has 0 amide bonds. The van der Waals surface area contributed by atoms with Gasteiger partial charge in [-0.05, 0) is 18.7 Å². The van der Waals surface area contributed by atoms with E-state index in [9.17, 15) is 0 Å². The van der Waals surface area contributed by atoms with Crippen molar-refractivity contribution in [3.8, 4) is 0 Å². The van der Waals surface area contributed by atoms with Gasteiger partial charge in [-0.2, -0.15) is 0 Å². The van der Waals surface area contributed by atoms with Crippen LogP contribution in [0.2, 0.25) is 0 Å². The fraction of sp³-hybridized carbons (Fsp3) is 0.773. The van der Waals surface area contributed by atoms with Crippen LogP contribution in [0, 0.1) is 11.3 Å². The molecule has 0 spiro atoms. The molecule has 0 aromatic rings. The molecular weight excluding hydrogens is 390 g/mol. The van der Waals surface area contributed by atoms with E-state index in [2.05, 4.69) is 49.0 Å². The largest absolute Gasteiger partial charge is 0.326 e. The minimum Gasteiger partial charge on any atom is -0.326 e. The Labute approximate surface area is 187 Å². The average molecular weight is 434 g/mol. The van der Waals surface area contributed by atoms with Crippen molar-refractivity contribution in [1.29, 1.82) is 5.41 Å². The van der Waals surface area contributed by atoms with E-state index in [-0.39, 0.29) is 11.6 Å². The second kappa shape index (κ2) is 12.8. The Morgan fingerprint density at radius 1 is 1.13 bits per heavy atom. The summed E-state index contributed by atoms with van der Waals surface area (Å²) in [6, 6.07) is 0.151. The second-order valence-electron chi connectivity index (χ2n) is 9.18. The molecule has 2 aliphatic heterocycles. The molecule has 2 saturated heterocycles. The molecule has 2 bridgehead atoms. The van der Waals surface area contributed by atoms with Crippen LogP contribution in [0.4, 0.5) is 0 Å². The molecule has 9 heteroatoms. The van der Waals surface area contributed by atoms with Gasteiger partial charge in [0.05, 0.1) is 5.54 Å². The Morgan fingerprint density at radius 3 is 2.74 bits per heavy atom. The molecule has 3 rings (SSSR count). The zero-order valence-corrected chi connectivity index (χ0v) is 19.1. The van der Waals surface area contributed by atoms with E-state index in [0.29, 0.717) is 11.6 Å². The smallest absolute Gasteiger partial charge is 0.0563 e. The predicted molar refractivity (Wildman–Crippen MR) is 129 cm³/mol. The van der Waals surface area contributed by atoms with Crippen molar-refractivity contribution < 1.29 is 0 Å². The lowest BCUT2D eigenvalue weighted by atomic mass is 9.96. The molecule has 31 heavy (non-hydrogen) atoms. The summed E-state index contributed by atoms with van der Waals surface area (Å²) in [6.45, 7) is 10.9. The summed E-state index contributed by atoms with van der Waals surface area (Å²) >= 11 is 0. The van der Waals surface area contributed by atoms with Gasteiger partial charge in [-0.25, -0.2) is 0 Å². The van der Waals surface area contributed by atoms with Gasteiger partial charge in [0, 0.05) is 103 Å². The van der Waals surface area contributed by atoms with Gasteiger partial charge in [-0.3, -0.25) is 4.90 Å². The summed E-state index contributed by atoms with van der Waals surface area (Å²) in [4.78, 5) is 2.51. The van der Waals surface area contributed by atoms with E-state index < -0.39 is 0 Å². The molecule has 2 heterocycles. The highest BCUT2D eigenvalue weighted by Gasteiger charge is 2.32. The fourth-order valence-electron chi connectivity index (χ4n) is 4.59. The number of nitrogens with two attached hydrogens (primary N) is 1. The predicted octanol–water partition coefficient (Wildman–Crippen LogP) is -1.97. The molecule has 1 aliphatic carbocycles. The number of nitrogens with zero attached hydrogens (tertiary/aromatic N) is 1. The fourth-order valence-corrected chi connectivity index (χ4v) is 4.59. The molecular formula is C22H43N9. The molecule has 9 nitrogen and oxygen atoms in total. The maximum atomic E-state index is 7.78. The number of likely N-dealkylation sites (N-methyl/N-ethyl adjacent to an activating group) is 1. The highest BCUT2D eigenvalue weighted by atomic mass is 15.3. The third kappa shape index (κ3) is 8.03. The van der Waals surface area contributed by atoms with E-state index in [0.717, 1.165) is 85.1 Å². The lowest BCUT2D eigenvalue weighted by molar-refractivity contribution is 0.167. The molecule has 0 radical (unpaired) electrons. The Kier molecular flexibility index (Phi) is 10.1. The molecule has 4 unspecified atom stereocenters. The van der Waals surface area contributed by atoms with Gasteiger partial charge in [-0.1, -0.05) is 12.2 Å². The monoisotopic (exact) mass is 433 g/mol. The van der Waals surface area contributed by atoms with Crippen LogP contribution in [0.25, 0.3) is 0 Å². The third-order valence-corrected chi connectivity index (χ3v) is 6.47. The van der Waals surface area contributed by atoms with Crippen LogP contribution >= 0.6 is 0 Å². The molecule has 0 aromatic carbocycles. The van der Waals surface area contributed by atoms with Crippen LogP contribution in [0.1, 0.15) is 6.42 Å². The summed E-state index contributed by atoms with van der Waals surface area (Å²) in [6.07, 6.45) is 6.87. The Balaban J connectivity index is 1.72. The van der Waals surface area contributed by atoms with Crippen LogP contribution in [0.5, 0.6) is 0 Å². The molecule has 9 N–H and O–H groups in total. The molecule has 3 aliphatic rings. The summed E-state index contributed by atoms with van der Waals surface area (Å²) in [7, 11) is 2.03. The maximum Gasteiger partial charge on any atom is 0.0563 e. The van der Waals surface area contributed by atoms with Crippen molar-refractivity contribution in [1.82, 2.24) is 36.8 Å². The third-order valence-electron chi connectivity index (χ3n) is 6.47. The quantitative estimate of drug-likeness (QED) is 0.251. The van der Waals surface area contributed by atoms with E-state index in [1.807, 2.05) is 13.1 Å². The lowest BCUT2D eigenvalue weighted by Crippen LogP contribution is -2.65. The summed E-state index contributed by atoms with van der Waals surface area (Å²) in [5.41, 5.74) is 8.29. The average Bonchev–Trinajstić information content (AvgIpc) is 2.87. The summed E-state index contributed by atoms with van der Waals surface area (Å²) < 4.78 is 0. The molecule has 4 atom stereocenters. The number of rotatable bonds is 5. The van der Waals surface area contributed by atoms with Crippen molar-refractivity contribution in [2.45, 2.75) is 18.0 Å². The van der Waals surface area contributed by atoms with Crippen LogP contribution < -0.4 is 37.6 Å². The van der Waals surface area contributed by atoms with Gasteiger partial charge in [0.15, 0.2) is 0 Å². The molecule has 176 valence electrons. The maximum absolute atomic E-state index is 7.78. The van der Waals surface area contributed by atoms with Crippen molar-refractivity contribution in [3.63, 3.8) is 0 Å². The normalized spacial score (nSPS) is 33.9. The van der Waals surface area contributed by atoms with E-state index >= 15 is 0 Å². The topological polar surface area (TPSA) is 125 Å². The summed E-state index contributed by atoms with van der Waals surface area (Å²) in [5, 5.41) is 29.6. The number of nitrogens with one attached hydrogen (secondary N) is 7. The molecule has 0 saturated carbocycles. The number of fused-ring (bicyclic) bond motifs is 4. The highest BCUT2D eigenvalue weighted by Crippen LogP contribution is 2.12. The van der Waals surface area contributed by atoms with Gasteiger partial charge in [0.1, 0.15) is 0 Å². The Morgan fingerprint density at radius 2 is 1.94 bits per heavy atom. The van der Waals surface area contributed by atoms with Gasteiger partial charge >= 0.3 is 0 Å². The van der Waals surface area contributed by atoms with Gasteiger partial charge in [-0.15, -0.1) is 0 Å². The number of allylic oxidation sites excluding steroid dienone is 2. The standard InChI is InChI=1S/C22H43N9/c1-25-14-22(30-10-18-2-4-20(23)5-3-18)15-28-7-6-26-13-21(24)19-11-27-8-9-31(16-22)17-29-12-19/h2-4,19,21,23,25-30H,5-17,24H2,1H3. The summed E-state index contributed by atoms with van der Waals surface area (Å²) in [5.74, 6) is 0.423. The van der Waals surface area contributed by atoms with E-state index in [1.165, 1.54) is 5.57 Å². The zero-order chi connectivity index (χ0) is 21.9. The van der Waals surface area contributed by atoms with E-state index in [1.54, 1.807) is 0 Å². The van der Waals surface area contributed by atoms with Crippen LogP contribution in [-0.2, 0) is 0 Å². The first kappa shape index (κ1) is 24.5. The zero-order valence-electron chi connectivity index (χ0n) is 19.1. The van der Waals surface area contributed by atoms with Gasteiger partial charge in [0.25, 0.3) is 0 Å². The molecule has 2 fully saturated rings. The van der Waals surface area contributed by atoms with E-state index in [4.69, 9.17) is 11.1 Å². The Bertz CT molecular complexity index is 620. The first-order valence-electron chi connectivity index (χ1n) is 11.8. The minimum atomic E-state index is -0.107. The van der Waals surface area contributed by atoms with Crippen molar-refractivity contribution in [2.24, 2.45) is 11.7 Å². The van der Waals surface area contributed by atoms with Gasteiger partial charge in [0.2, 0.25) is 0 Å². The Hall–Kier alpha value is -1.17. The lowest BCUT2D eigenvalue weighted by Gasteiger charge is -2.40. The van der Waals surface area contributed by atoms with Crippen molar-refractivity contribution >= 4 is 5.71 Å². The molecule has 0 aromatic heterocycles. The highest BCUT2D eigenvalue weighted by molar-refractivity contribution is 5.95. The van der Waals surface area contributed by atoms with Crippen molar-refractivity contribution in [3.05, 3.63) is 23.8 Å². The van der Waals surface area contributed by atoms with Crippen LogP contribution in [-0.4, -0.2) is 108 Å². The minimum absolute atomic E-state index is 0.107. The van der Waals surface area contributed by atoms with Crippen molar-refractivity contribution in [2.75, 3.05) is 85.7 Å². The van der Waals surface area contributed by atoms with Gasteiger partial charge < -0.3 is 43.0 Å². The SMILES string of the molecule is CNCC1(NCC2=CCC(=N)C=C2)CNCCNCC(N)C2CNCCN(CNC2)C1. The van der Waals surface area contributed by atoms with Crippen LogP contribution in [0.3, 0.4) is 0 Å². The first-order chi connectivity index (χ1) is 15.1. The number of hydrogen-bond acceptors (Lipinski definition) is 9. The first-order valence-corrected chi connectivity index (χ1v) is 11.8. The second-order valence-corrected chi connectivity index (χ2v) is 9.18. The van der Waals surface area contributed by atoms with Crippen LogP contribution in [0.15, 0.2) is 23.8 Å².